The predicted molar refractivity (Wildman–Crippen MR) is 133 cm³/mol. The van der Waals surface area contributed by atoms with Crippen LogP contribution < -0.4 is 9.62 Å². The van der Waals surface area contributed by atoms with E-state index in [1.54, 1.807) is 24.3 Å². The van der Waals surface area contributed by atoms with E-state index in [9.17, 15) is 31.5 Å². The first-order valence-electron chi connectivity index (χ1n) is 11.4. The maximum absolute atomic E-state index is 12.9. The van der Waals surface area contributed by atoms with Crippen molar-refractivity contribution in [3.8, 4) is 6.07 Å². The molecule has 206 valence electrons. The highest BCUT2D eigenvalue weighted by Gasteiger charge is 2.38. The molecule has 0 spiro atoms. The average molecular weight is 557 g/mol. The molecule has 0 saturated carbocycles. The van der Waals surface area contributed by atoms with Crippen LogP contribution in [0, 0.1) is 11.3 Å². The van der Waals surface area contributed by atoms with Gasteiger partial charge in [-0.1, -0.05) is 25.1 Å². The molecule has 0 amide bonds. The highest BCUT2D eigenvalue weighted by Crippen LogP contribution is 2.27. The van der Waals surface area contributed by atoms with Gasteiger partial charge in [0.2, 0.25) is 0 Å². The number of halogens is 3. The van der Waals surface area contributed by atoms with Gasteiger partial charge in [-0.05, 0) is 36.2 Å². The topological polar surface area (TPSA) is 151 Å². The maximum atomic E-state index is 12.9. The number of anilines is 2. The van der Waals surface area contributed by atoms with Gasteiger partial charge in [0, 0.05) is 44.8 Å². The lowest BCUT2D eigenvalue weighted by atomic mass is 10.1. The van der Waals surface area contributed by atoms with Crippen LogP contribution in [-0.2, 0) is 21.2 Å². The van der Waals surface area contributed by atoms with E-state index in [0.29, 0.717) is 31.5 Å². The minimum atomic E-state index is -5.08. The Balaban J connectivity index is 0.000000638. The van der Waals surface area contributed by atoms with Gasteiger partial charge in [-0.2, -0.15) is 18.4 Å². The van der Waals surface area contributed by atoms with Crippen LogP contribution in [0.2, 0.25) is 0 Å². The summed E-state index contributed by atoms with van der Waals surface area (Å²) in [5.74, 6) is -3.96. The van der Waals surface area contributed by atoms with E-state index in [-0.39, 0.29) is 16.1 Å². The summed E-state index contributed by atoms with van der Waals surface area (Å²) < 4.78 is 60.0. The van der Waals surface area contributed by atoms with Crippen molar-refractivity contribution in [2.24, 2.45) is 0 Å². The van der Waals surface area contributed by atoms with Crippen LogP contribution in [0.1, 0.15) is 29.3 Å². The second-order valence-corrected chi connectivity index (χ2v) is 9.79. The first kappa shape index (κ1) is 30.4. The molecule has 2 aromatic carbocycles. The lowest BCUT2D eigenvalue weighted by molar-refractivity contribution is -0.192. The Hall–Kier alpha value is -3.83. The van der Waals surface area contributed by atoms with Crippen molar-refractivity contribution < 1.29 is 41.4 Å². The average Bonchev–Trinajstić information content (AvgIpc) is 2.87. The van der Waals surface area contributed by atoms with E-state index >= 15 is 0 Å². The molecule has 1 heterocycles. The zero-order chi connectivity index (χ0) is 28.5. The second kappa shape index (κ2) is 13.1. The van der Waals surface area contributed by atoms with Crippen molar-refractivity contribution in [1.29, 1.82) is 5.26 Å². The van der Waals surface area contributed by atoms with E-state index < -0.39 is 28.1 Å². The fourth-order valence-corrected chi connectivity index (χ4v) is 5.08. The number of carboxylic acid groups (broad SMARTS) is 2. The number of hydrogen-bond acceptors (Lipinski definition) is 7. The van der Waals surface area contributed by atoms with Crippen molar-refractivity contribution in [2.45, 2.75) is 30.8 Å². The molecule has 0 unspecified atom stereocenters. The Labute approximate surface area is 217 Å². The van der Waals surface area contributed by atoms with Crippen molar-refractivity contribution in [3.63, 3.8) is 0 Å². The molecule has 0 aromatic heterocycles. The zero-order valence-electron chi connectivity index (χ0n) is 20.4. The summed E-state index contributed by atoms with van der Waals surface area (Å²) in [5.41, 5.74) is 1.34. The summed E-state index contributed by atoms with van der Waals surface area (Å²) in [6.45, 7) is 5.58. The first-order chi connectivity index (χ1) is 17.8. The van der Waals surface area contributed by atoms with Gasteiger partial charge in [-0.15, -0.1) is 0 Å². The second-order valence-electron chi connectivity index (χ2n) is 8.14. The Morgan fingerprint density at radius 2 is 1.68 bits per heavy atom. The normalized spacial score (nSPS) is 14.1. The number of aryl methyl sites for hydroxylation is 1. The molecule has 1 saturated heterocycles. The summed E-state index contributed by atoms with van der Waals surface area (Å²) >= 11 is 0. The quantitative estimate of drug-likeness (QED) is 0.444. The molecule has 1 aliphatic rings. The number of sulfonamides is 1. The lowest BCUT2D eigenvalue weighted by Crippen LogP contribution is -2.46. The molecule has 1 fully saturated rings. The summed E-state index contributed by atoms with van der Waals surface area (Å²) in [5, 5.41) is 25.6. The largest absolute Gasteiger partial charge is 0.490 e. The van der Waals surface area contributed by atoms with Crippen LogP contribution in [0.4, 0.5) is 24.5 Å². The molecule has 0 bridgehead atoms. The Morgan fingerprint density at radius 1 is 1.08 bits per heavy atom. The number of aromatic carboxylic acids is 1. The molecular formula is C24H27F3N4O6S. The Kier molecular flexibility index (Phi) is 10.5. The third-order valence-electron chi connectivity index (χ3n) is 5.64. The van der Waals surface area contributed by atoms with Crippen molar-refractivity contribution in [3.05, 3.63) is 53.6 Å². The van der Waals surface area contributed by atoms with Gasteiger partial charge in [0.25, 0.3) is 10.0 Å². The van der Waals surface area contributed by atoms with Crippen LogP contribution in [0.15, 0.2) is 47.4 Å². The van der Waals surface area contributed by atoms with Gasteiger partial charge in [0.05, 0.1) is 22.2 Å². The highest BCUT2D eigenvalue weighted by molar-refractivity contribution is 7.92. The minimum Gasteiger partial charge on any atom is -0.478 e. The summed E-state index contributed by atoms with van der Waals surface area (Å²) in [6, 6.07) is 13.6. The predicted octanol–water partition coefficient (Wildman–Crippen LogP) is 3.42. The smallest absolute Gasteiger partial charge is 0.478 e. The van der Waals surface area contributed by atoms with Gasteiger partial charge >= 0.3 is 18.1 Å². The zero-order valence-corrected chi connectivity index (χ0v) is 21.2. The van der Waals surface area contributed by atoms with Crippen molar-refractivity contribution in [1.82, 2.24) is 4.90 Å². The van der Waals surface area contributed by atoms with Gasteiger partial charge in [-0.25, -0.2) is 18.0 Å². The fraction of sp³-hybridized carbons (Fsp3) is 0.375. The molecule has 0 atom stereocenters. The number of alkyl halides is 3. The monoisotopic (exact) mass is 556 g/mol. The van der Waals surface area contributed by atoms with Gasteiger partial charge < -0.3 is 15.1 Å². The number of nitriles is 1. The number of nitrogens with one attached hydrogen (secondary N) is 1. The number of carbonyl (C=O) groups is 2. The van der Waals surface area contributed by atoms with Crippen LogP contribution >= 0.6 is 0 Å². The van der Waals surface area contributed by atoms with Gasteiger partial charge in [0.15, 0.2) is 0 Å². The number of hydrogen-bond donors (Lipinski definition) is 3. The van der Waals surface area contributed by atoms with Crippen LogP contribution in [0.3, 0.4) is 0 Å². The van der Waals surface area contributed by atoms with E-state index in [1.165, 1.54) is 18.2 Å². The molecule has 10 nitrogen and oxygen atoms in total. The molecule has 38 heavy (non-hydrogen) atoms. The van der Waals surface area contributed by atoms with Gasteiger partial charge in [-0.3, -0.25) is 9.62 Å². The number of piperazine rings is 1. The number of aliphatic carboxylic acids is 1. The summed E-state index contributed by atoms with van der Waals surface area (Å²) in [7, 11) is -3.93. The number of benzene rings is 2. The fourth-order valence-electron chi connectivity index (χ4n) is 3.69. The number of carboxylic acids is 2. The van der Waals surface area contributed by atoms with Crippen LogP contribution in [-0.4, -0.2) is 74.4 Å². The third-order valence-corrected chi connectivity index (χ3v) is 7.11. The minimum absolute atomic E-state index is 0.0369. The molecule has 3 N–H and O–H groups in total. The highest BCUT2D eigenvalue weighted by atomic mass is 32.2. The lowest BCUT2D eigenvalue weighted by Gasteiger charge is -2.36. The van der Waals surface area contributed by atoms with Crippen LogP contribution in [0.25, 0.3) is 0 Å². The first-order valence-corrected chi connectivity index (χ1v) is 12.9. The molecule has 14 heteroatoms. The van der Waals surface area contributed by atoms with Crippen molar-refractivity contribution >= 4 is 33.3 Å². The summed E-state index contributed by atoms with van der Waals surface area (Å²) in [4.78, 5) is 25.2. The Bertz CT molecular complexity index is 1290. The molecular weight excluding hydrogens is 529 g/mol. The van der Waals surface area contributed by atoms with E-state index in [1.807, 2.05) is 6.92 Å². The SMILES string of the molecule is CCc1ccccc1S(=O)(=O)Nc1ccc(N2CCN(CCC#N)CC2)cc1C(=O)O.O=C(O)C(F)(F)F. The van der Waals surface area contributed by atoms with Crippen molar-refractivity contribution in [2.75, 3.05) is 42.3 Å². The molecule has 0 aliphatic carbocycles. The third kappa shape index (κ3) is 8.35. The Morgan fingerprint density at radius 3 is 2.21 bits per heavy atom. The standard InChI is InChI=1S/C22H26N4O4S.C2HF3O2/c1-2-17-6-3-4-7-21(17)31(29,30)24-20-9-8-18(16-19(20)22(27)28)26-14-12-25(13-15-26)11-5-10-23;3-2(4,5)1(6)7/h3-4,6-9,16,24H,2,5,11-15H2,1H3,(H,27,28);(H,6,7). The van der Waals surface area contributed by atoms with E-state index in [0.717, 1.165) is 25.3 Å². The number of nitrogens with zero attached hydrogens (tertiary/aromatic N) is 3. The maximum Gasteiger partial charge on any atom is 0.490 e. The summed E-state index contributed by atoms with van der Waals surface area (Å²) in [6.07, 6.45) is -4.05. The molecule has 1 aliphatic heterocycles. The van der Waals surface area contributed by atoms with E-state index in [4.69, 9.17) is 15.2 Å². The molecule has 2 aromatic rings. The van der Waals surface area contributed by atoms with E-state index in [2.05, 4.69) is 20.6 Å². The van der Waals surface area contributed by atoms with Gasteiger partial charge in [0.1, 0.15) is 0 Å². The number of rotatable bonds is 8. The molecule has 3 rings (SSSR count). The molecule has 0 radical (unpaired) electrons. The van der Waals surface area contributed by atoms with Crippen LogP contribution in [0.5, 0.6) is 0 Å².